The highest BCUT2D eigenvalue weighted by atomic mass is 32.2. The third-order valence-corrected chi connectivity index (χ3v) is 5.99. The topological polar surface area (TPSA) is 102 Å². The Kier molecular flexibility index (Phi) is 5.53. The van der Waals surface area contributed by atoms with Crippen LogP contribution in [-0.2, 0) is 10.0 Å². The van der Waals surface area contributed by atoms with Gasteiger partial charge in [-0.3, -0.25) is 15.1 Å². The van der Waals surface area contributed by atoms with E-state index in [1.807, 2.05) is 37.3 Å². The Morgan fingerprint density at radius 1 is 1.11 bits per heavy atom. The molecule has 0 bridgehead atoms. The van der Waals surface area contributed by atoms with Gasteiger partial charge in [0.25, 0.3) is 5.69 Å². The molecule has 1 unspecified atom stereocenters. The van der Waals surface area contributed by atoms with E-state index in [1.165, 1.54) is 24.3 Å². The van der Waals surface area contributed by atoms with Crippen molar-refractivity contribution in [2.24, 2.45) is 0 Å². The maximum absolute atomic E-state index is 12.7. The van der Waals surface area contributed by atoms with Gasteiger partial charge in [-0.1, -0.05) is 30.3 Å². The molecule has 0 saturated carbocycles. The molecule has 0 spiro atoms. The summed E-state index contributed by atoms with van der Waals surface area (Å²) in [6.45, 7) is 3.65. The average Bonchev–Trinajstić information content (AvgIpc) is 2.68. The molecule has 2 aromatic carbocycles. The van der Waals surface area contributed by atoms with Crippen LogP contribution in [0, 0.1) is 17.0 Å². The number of rotatable bonds is 6. The van der Waals surface area contributed by atoms with E-state index in [1.54, 1.807) is 19.3 Å². The van der Waals surface area contributed by atoms with Gasteiger partial charge in [0.05, 0.1) is 4.92 Å². The van der Waals surface area contributed by atoms with Crippen LogP contribution < -0.4 is 4.72 Å². The lowest BCUT2D eigenvalue weighted by Gasteiger charge is -2.16. The van der Waals surface area contributed by atoms with Crippen LogP contribution in [0.25, 0.3) is 11.1 Å². The Hall–Kier alpha value is -3.10. The summed E-state index contributed by atoms with van der Waals surface area (Å²) in [6.07, 6.45) is 3.47. The van der Waals surface area contributed by atoms with Gasteiger partial charge >= 0.3 is 0 Å². The molecule has 0 aliphatic heterocycles. The molecule has 7 nitrogen and oxygen atoms in total. The lowest BCUT2D eigenvalue weighted by Crippen LogP contribution is -2.27. The van der Waals surface area contributed by atoms with Crippen molar-refractivity contribution >= 4 is 15.7 Å². The summed E-state index contributed by atoms with van der Waals surface area (Å²) >= 11 is 0. The first-order chi connectivity index (χ1) is 13.3. The Labute approximate surface area is 163 Å². The summed E-state index contributed by atoms with van der Waals surface area (Å²) in [5.74, 6) is 0. The molecule has 0 fully saturated rings. The fourth-order valence-electron chi connectivity index (χ4n) is 2.97. The van der Waals surface area contributed by atoms with Gasteiger partial charge in [-0.05, 0) is 54.3 Å². The number of nitrogens with one attached hydrogen (secondary N) is 1. The minimum absolute atomic E-state index is 0.354. The van der Waals surface area contributed by atoms with Gasteiger partial charge in [-0.15, -0.1) is 0 Å². The van der Waals surface area contributed by atoms with Crippen molar-refractivity contribution in [3.63, 3.8) is 0 Å². The maximum Gasteiger partial charge on any atom is 0.289 e. The highest BCUT2D eigenvalue weighted by Gasteiger charge is 2.26. The highest BCUT2D eigenvalue weighted by molar-refractivity contribution is 7.89. The largest absolute Gasteiger partial charge is 0.289 e. The molecule has 144 valence electrons. The van der Waals surface area contributed by atoms with Crippen molar-refractivity contribution in [3.05, 3.63) is 88.2 Å². The summed E-state index contributed by atoms with van der Waals surface area (Å²) in [4.78, 5) is 14.2. The van der Waals surface area contributed by atoms with E-state index in [-0.39, 0.29) is 4.90 Å². The first kappa shape index (κ1) is 19.7. The quantitative estimate of drug-likeness (QED) is 0.500. The summed E-state index contributed by atoms with van der Waals surface area (Å²) in [6, 6.07) is 14.1. The van der Waals surface area contributed by atoms with Crippen LogP contribution in [-0.4, -0.2) is 18.3 Å². The number of para-hydroxylation sites is 1. The molecule has 0 saturated heterocycles. The SMILES string of the molecule is Cc1cnccc1-c1cccc(C(C)NS(=O)(=O)c2ccccc2[N+](=O)[O-])c1. The summed E-state index contributed by atoms with van der Waals surface area (Å²) < 4.78 is 28.0. The van der Waals surface area contributed by atoms with Crippen molar-refractivity contribution in [1.82, 2.24) is 9.71 Å². The van der Waals surface area contributed by atoms with E-state index in [0.29, 0.717) is 0 Å². The average molecular weight is 397 g/mol. The minimum atomic E-state index is -4.07. The molecule has 1 heterocycles. The van der Waals surface area contributed by atoms with Gasteiger partial charge in [0.1, 0.15) is 0 Å². The molecule has 0 radical (unpaired) electrons. The highest BCUT2D eigenvalue weighted by Crippen LogP contribution is 2.28. The normalized spacial score (nSPS) is 12.5. The summed E-state index contributed by atoms with van der Waals surface area (Å²) in [5, 5.41) is 11.2. The molecule has 1 aromatic heterocycles. The molecule has 3 rings (SSSR count). The number of pyridine rings is 1. The molecule has 0 aliphatic carbocycles. The van der Waals surface area contributed by atoms with E-state index >= 15 is 0 Å². The van der Waals surface area contributed by atoms with E-state index < -0.39 is 26.7 Å². The summed E-state index contributed by atoms with van der Waals surface area (Å²) in [7, 11) is -4.07. The number of aryl methyl sites for hydroxylation is 1. The van der Waals surface area contributed by atoms with Gasteiger partial charge in [0.2, 0.25) is 10.0 Å². The second-order valence-electron chi connectivity index (χ2n) is 6.38. The van der Waals surface area contributed by atoms with Gasteiger partial charge in [0.15, 0.2) is 4.90 Å². The van der Waals surface area contributed by atoms with E-state index in [2.05, 4.69) is 9.71 Å². The third kappa shape index (κ3) is 4.08. The molecular weight excluding hydrogens is 378 g/mol. The molecule has 1 N–H and O–H groups in total. The second kappa shape index (κ2) is 7.87. The van der Waals surface area contributed by atoms with Gasteiger partial charge in [-0.2, -0.15) is 0 Å². The monoisotopic (exact) mass is 397 g/mol. The molecule has 1 atom stereocenters. The first-order valence-corrected chi connectivity index (χ1v) is 10.0. The Balaban J connectivity index is 1.92. The summed E-state index contributed by atoms with van der Waals surface area (Å²) in [5.41, 5.74) is 3.24. The lowest BCUT2D eigenvalue weighted by atomic mass is 9.99. The predicted molar refractivity (Wildman–Crippen MR) is 106 cm³/mol. The number of aromatic nitrogens is 1. The Morgan fingerprint density at radius 2 is 1.86 bits per heavy atom. The van der Waals surface area contributed by atoms with Crippen LogP contribution >= 0.6 is 0 Å². The standard InChI is InChI=1S/C20H19N3O4S/c1-14-13-21-11-10-18(14)17-7-5-6-16(12-17)15(2)22-28(26,27)20-9-4-3-8-19(20)23(24)25/h3-13,15,22H,1-2H3. The number of hydrogen-bond donors (Lipinski definition) is 1. The number of sulfonamides is 1. The molecular formula is C20H19N3O4S. The van der Waals surface area contributed by atoms with Crippen LogP contribution in [0.1, 0.15) is 24.1 Å². The van der Waals surface area contributed by atoms with Crippen LogP contribution in [0.15, 0.2) is 71.9 Å². The Morgan fingerprint density at radius 3 is 2.57 bits per heavy atom. The second-order valence-corrected chi connectivity index (χ2v) is 8.07. The molecule has 28 heavy (non-hydrogen) atoms. The first-order valence-electron chi connectivity index (χ1n) is 8.56. The fraction of sp³-hybridized carbons (Fsp3) is 0.150. The van der Waals surface area contributed by atoms with Crippen LogP contribution in [0.3, 0.4) is 0 Å². The predicted octanol–water partition coefficient (Wildman–Crippen LogP) is 4.00. The molecule has 0 amide bonds. The zero-order chi connectivity index (χ0) is 20.3. The molecule has 8 heteroatoms. The van der Waals surface area contributed by atoms with Crippen molar-refractivity contribution in [1.29, 1.82) is 0 Å². The zero-order valence-electron chi connectivity index (χ0n) is 15.4. The van der Waals surface area contributed by atoms with Crippen LogP contribution in [0.2, 0.25) is 0 Å². The van der Waals surface area contributed by atoms with Crippen molar-refractivity contribution in [3.8, 4) is 11.1 Å². The Bertz CT molecular complexity index is 1130. The van der Waals surface area contributed by atoms with Crippen LogP contribution in [0.4, 0.5) is 5.69 Å². The zero-order valence-corrected chi connectivity index (χ0v) is 16.2. The van der Waals surface area contributed by atoms with E-state index in [0.717, 1.165) is 22.3 Å². The number of nitro benzene ring substituents is 1. The van der Waals surface area contributed by atoms with E-state index in [4.69, 9.17) is 0 Å². The van der Waals surface area contributed by atoms with Crippen LogP contribution in [0.5, 0.6) is 0 Å². The minimum Gasteiger partial charge on any atom is -0.264 e. The number of nitro groups is 1. The van der Waals surface area contributed by atoms with Crippen molar-refractivity contribution in [2.75, 3.05) is 0 Å². The fourth-order valence-corrected chi connectivity index (χ4v) is 4.38. The van der Waals surface area contributed by atoms with Gasteiger partial charge in [0, 0.05) is 24.5 Å². The number of benzene rings is 2. The smallest absolute Gasteiger partial charge is 0.264 e. The lowest BCUT2D eigenvalue weighted by molar-refractivity contribution is -0.387. The molecule has 0 aliphatic rings. The third-order valence-electron chi connectivity index (χ3n) is 4.40. The number of hydrogen-bond acceptors (Lipinski definition) is 5. The maximum atomic E-state index is 12.7. The molecule has 3 aromatic rings. The van der Waals surface area contributed by atoms with Crippen molar-refractivity contribution < 1.29 is 13.3 Å². The van der Waals surface area contributed by atoms with Crippen molar-refractivity contribution in [2.45, 2.75) is 24.8 Å². The van der Waals surface area contributed by atoms with Gasteiger partial charge in [-0.25, -0.2) is 13.1 Å². The van der Waals surface area contributed by atoms with E-state index in [9.17, 15) is 18.5 Å². The van der Waals surface area contributed by atoms with Gasteiger partial charge < -0.3 is 0 Å². The number of nitrogens with zero attached hydrogens (tertiary/aromatic N) is 2.